The van der Waals surface area contributed by atoms with Crippen molar-refractivity contribution >= 4 is 17.4 Å². The molecule has 5 nitrogen and oxygen atoms in total. The molecule has 0 saturated heterocycles. The van der Waals surface area contributed by atoms with E-state index in [9.17, 15) is 14.7 Å². The van der Waals surface area contributed by atoms with Crippen molar-refractivity contribution < 1.29 is 14.7 Å². The van der Waals surface area contributed by atoms with Crippen molar-refractivity contribution in [1.82, 2.24) is 4.98 Å². The number of Topliss-reactive ketones (excluding diaryl/α,β-unsaturated/α-hetero) is 1. The first kappa shape index (κ1) is 16.9. The van der Waals surface area contributed by atoms with Crippen LogP contribution in [0.3, 0.4) is 0 Å². The van der Waals surface area contributed by atoms with E-state index >= 15 is 0 Å². The molecule has 128 valence electrons. The molecule has 1 aliphatic heterocycles. The number of amides is 1. The number of hydrogen-bond donors (Lipinski definition) is 1. The molecule has 0 spiro atoms. The summed E-state index contributed by atoms with van der Waals surface area (Å²) in [6.45, 7) is 5.59. The average molecular weight is 336 g/mol. The van der Waals surface area contributed by atoms with E-state index in [1.165, 1.54) is 4.90 Å². The van der Waals surface area contributed by atoms with Crippen LogP contribution in [0.15, 0.2) is 53.9 Å². The zero-order valence-corrected chi connectivity index (χ0v) is 14.5. The highest BCUT2D eigenvalue weighted by molar-refractivity contribution is 6.16. The molecule has 1 atom stereocenters. The molecule has 1 N–H and O–H groups in total. The van der Waals surface area contributed by atoms with Crippen LogP contribution in [-0.4, -0.2) is 21.8 Å². The van der Waals surface area contributed by atoms with Gasteiger partial charge >= 0.3 is 0 Å². The Morgan fingerprint density at radius 3 is 2.60 bits per heavy atom. The van der Waals surface area contributed by atoms with Crippen LogP contribution in [0.5, 0.6) is 0 Å². The van der Waals surface area contributed by atoms with Gasteiger partial charge in [0, 0.05) is 18.3 Å². The van der Waals surface area contributed by atoms with Gasteiger partial charge in [0.05, 0.1) is 11.3 Å². The molecule has 1 aromatic carbocycles. The van der Waals surface area contributed by atoms with Crippen molar-refractivity contribution in [2.75, 3.05) is 4.90 Å². The number of aliphatic hydroxyl groups excluding tert-OH is 1. The lowest BCUT2D eigenvalue weighted by molar-refractivity contribution is -0.118. The van der Waals surface area contributed by atoms with Crippen molar-refractivity contribution in [3.05, 3.63) is 70.7 Å². The molecule has 0 saturated carbocycles. The summed E-state index contributed by atoms with van der Waals surface area (Å²) in [6.07, 6.45) is 1.82. The van der Waals surface area contributed by atoms with Crippen LogP contribution in [0.4, 0.5) is 5.69 Å². The zero-order valence-electron chi connectivity index (χ0n) is 14.5. The number of aliphatic hydroxyl groups is 1. The molecule has 1 unspecified atom stereocenters. The number of aryl methyl sites for hydroxylation is 1. The van der Waals surface area contributed by atoms with Gasteiger partial charge < -0.3 is 5.11 Å². The minimum atomic E-state index is -0.721. The van der Waals surface area contributed by atoms with Crippen LogP contribution in [0.1, 0.15) is 36.2 Å². The zero-order chi connectivity index (χ0) is 18.1. The lowest BCUT2D eigenvalue weighted by Gasteiger charge is -2.28. The lowest BCUT2D eigenvalue weighted by atomic mass is 9.97. The van der Waals surface area contributed by atoms with Crippen molar-refractivity contribution in [3.63, 3.8) is 0 Å². The monoisotopic (exact) mass is 336 g/mol. The summed E-state index contributed by atoms with van der Waals surface area (Å²) in [5.74, 6) is -1.31. The Bertz CT molecular complexity index is 872. The molecular formula is C20H20N2O3. The van der Waals surface area contributed by atoms with Gasteiger partial charge in [-0.2, -0.15) is 0 Å². The SMILES string of the molecule is CCC(=O)C1=C(O)C(=O)N(c2cccc(C)c2C)C1c1ccccn1. The molecule has 1 aromatic heterocycles. The topological polar surface area (TPSA) is 70.5 Å². The Kier molecular flexibility index (Phi) is 4.40. The van der Waals surface area contributed by atoms with Crippen LogP contribution >= 0.6 is 0 Å². The summed E-state index contributed by atoms with van der Waals surface area (Å²) in [4.78, 5) is 31.1. The normalized spacial score (nSPS) is 17.3. The van der Waals surface area contributed by atoms with E-state index in [1.54, 1.807) is 31.3 Å². The third-order valence-corrected chi connectivity index (χ3v) is 4.63. The molecular weight excluding hydrogens is 316 g/mol. The Balaban J connectivity index is 2.23. The third kappa shape index (κ3) is 2.71. The lowest BCUT2D eigenvalue weighted by Crippen LogP contribution is -2.32. The van der Waals surface area contributed by atoms with E-state index in [2.05, 4.69) is 4.98 Å². The summed E-state index contributed by atoms with van der Waals surface area (Å²) >= 11 is 0. The van der Waals surface area contributed by atoms with Gasteiger partial charge in [-0.1, -0.05) is 25.1 Å². The van der Waals surface area contributed by atoms with Gasteiger partial charge in [-0.15, -0.1) is 0 Å². The molecule has 0 aliphatic carbocycles. The molecule has 0 fully saturated rings. The highest BCUT2D eigenvalue weighted by atomic mass is 16.3. The Morgan fingerprint density at radius 1 is 1.20 bits per heavy atom. The van der Waals surface area contributed by atoms with E-state index in [1.807, 2.05) is 32.0 Å². The largest absolute Gasteiger partial charge is 0.503 e. The van der Waals surface area contributed by atoms with E-state index < -0.39 is 17.7 Å². The first-order chi connectivity index (χ1) is 12.0. The van der Waals surface area contributed by atoms with Crippen molar-refractivity contribution in [1.29, 1.82) is 0 Å². The first-order valence-corrected chi connectivity index (χ1v) is 8.24. The van der Waals surface area contributed by atoms with Crippen molar-refractivity contribution in [2.45, 2.75) is 33.2 Å². The van der Waals surface area contributed by atoms with E-state index in [0.717, 1.165) is 11.1 Å². The van der Waals surface area contributed by atoms with Gasteiger partial charge in [-0.05, 0) is 43.2 Å². The molecule has 5 heteroatoms. The van der Waals surface area contributed by atoms with Crippen molar-refractivity contribution in [2.24, 2.45) is 0 Å². The predicted molar refractivity (Wildman–Crippen MR) is 95.3 cm³/mol. The summed E-state index contributed by atoms with van der Waals surface area (Å²) in [6, 6.07) is 10.3. The van der Waals surface area contributed by atoms with Gasteiger partial charge in [0.1, 0.15) is 6.04 Å². The fraction of sp³-hybridized carbons (Fsp3) is 0.250. The van der Waals surface area contributed by atoms with Crippen LogP contribution in [0, 0.1) is 13.8 Å². The molecule has 25 heavy (non-hydrogen) atoms. The summed E-state index contributed by atoms with van der Waals surface area (Å²) < 4.78 is 0. The first-order valence-electron chi connectivity index (χ1n) is 8.24. The fourth-order valence-corrected chi connectivity index (χ4v) is 3.14. The second kappa shape index (κ2) is 6.51. The number of carbonyl (C=O) groups excluding carboxylic acids is 2. The highest BCUT2D eigenvalue weighted by Gasteiger charge is 2.44. The standard InChI is InChI=1S/C20H20N2O3/c1-4-16(23)17-18(14-9-5-6-11-21-14)22(20(25)19(17)24)15-10-7-8-12(2)13(15)3/h5-11,18,24H,4H2,1-3H3. The predicted octanol–water partition coefficient (Wildman–Crippen LogP) is 3.58. The molecule has 1 aliphatic rings. The minimum absolute atomic E-state index is 0.118. The Labute approximate surface area is 146 Å². The van der Waals surface area contributed by atoms with Crippen LogP contribution < -0.4 is 4.90 Å². The average Bonchev–Trinajstić information content (AvgIpc) is 2.89. The van der Waals surface area contributed by atoms with Gasteiger partial charge in [0.15, 0.2) is 11.5 Å². The van der Waals surface area contributed by atoms with Gasteiger partial charge in [-0.3, -0.25) is 19.5 Å². The maximum absolute atomic E-state index is 12.8. The van der Waals surface area contributed by atoms with Crippen molar-refractivity contribution in [3.8, 4) is 0 Å². The molecule has 1 amide bonds. The number of nitrogens with zero attached hydrogens (tertiary/aromatic N) is 2. The van der Waals surface area contributed by atoms with Gasteiger partial charge in [0.25, 0.3) is 5.91 Å². The fourth-order valence-electron chi connectivity index (χ4n) is 3.14. The smallest absolute Gasteiger partial charge is 0.294 e. The maximum Gasteiger partial charge on any atom is 0.294 e. The maximum atomic E-state index is 12.8. The minimum Gasteiger partial charge on any atom is -0.503 e. The van der Waals surface area contributed by atoms with Crippen LogP contribution in [0.2, 0.25) is 0 Å². The number of anilines is 1. The molecule has 3 rings (SSSR count). The number of ketones is 1. The number of pyridine rings is 1. The molecule has 2 heterocycles. The quantitative estimate of drug-likeness (QED) is 0.926. The molecule has 0 radical (unpaired) electrons. The second-order valence-electron chi connectivity index (χ2n) is 6.09. The van der Waals surface area contributed by atoms with Gasteiger partial charge in [-0.25, -0.2) is 0 Å². The Hall–Kier alpha value is -2.95. The third-order valence-electron chi connectivity index (χ3n) is 4.63. The molecule has 2 aromatic rings. The number of hydrogen-bond acceptors (Lipinski definition) is 4. The number of aromatic nitrogens is 1. The molecule has 0 bridgehead atoms. The van der Waals surface area contributed by atoms with Crippen LogP contribution in [-0.2, 0) is 9.59 Å². The number of carbonyl (C=O) groups is 2. The number of benzene rings is 1. The Morgan fingerprint density at radius 2 is 1.96 bits per heavy atom. The summed E-state index contributed by atoms with van der Waals surface area (Å²) in [5.41, 5.74) is 3.30. The summed E-state index contributed by atoms with van der Waals surface area (Å²) in [5, 5.41) is 10.4. The van der Waals surface area contributed by atoms with Crippen LogP contribution in [0.25, 0.3) is 0 Å². The summed E-state index contributed by atoms with van der Waals surface area (Å²) in [7, 11) is 0. The van der Waals surface area contributed by atoms with E-state index in [4.69, 9.17) is 0 Å². The second-order valence-corrected chi connectivity index (χ2v) is 6.09. The van der Waals surface area contributed by atoms with E-state index in [0.29, 0.717) is 11.4 Å². The number of rotatable bonds is 4. The highest BCUT2D eigenvalue weighted by Crippen LogP contribution is 2.41. The van der Waals surface area contributed by atoms with Gasteiger partial charge in [0.2, 0.25) is 0 Å². The van der Waals surface area contributed by atoms with E-state index in [-0.39, 0.29) is 17.8 Å².